The zero-order chi connectivity index (χ0) is 14.5. The molecule has 0 radical (unpaired) electrons. The highest BCUT2D eigenvalue weighted by atomic mass is 15.4. The molecule has 0 aliphatic heterocycles. The van der Waals surface area contributed by atoms with Crippen molar-refractivity contribution in [1.82, 2.24) is 5.43 Å². The number of guanidine groups is 1. The lowest BCUT2D eigenvalue weighted by molar-refractivity contribution is 0.977. The number of rotatable bonds is 2. The van der Waals surface area contributed by atoms with E-state index in [1.165, 1.54) is 11.1 Å². The van der Waals surface area contributed by atoms with E-state index in [0.717, 1.165) is 11.4 Å². The first-order chi connectivity index (χ1) is 9.60. The van der Waals surface area contributed by atoms with Crippen LogP contribution in [0.4, 0.5) is 11.4 Å². The van der Waals surface area contributed by atoms with Gasteiger partial charge in [-0.1, -0.05) is 24.3 Å². The first-order valence-electron chi connectivity index (χ1n) is 6.52. The molecular weight excluding hydrogens is 248 g/mol. The summed E-state index contributed by atoms with van der Waals surface area (Å²) in [5, 5.41) is 0. The van der Waals surface area contributed by atoms with Crippen LogP contribution in [0.3, 0.4) is 0 Å². The molecule has 0 aliphatic rings. The molecule has 2 rings (SSSR count). The van der Waals surface area contributed by atoms with E-state index in [4.69, 9.17) is 5.84 Å². The molecule has 4 nitrogen and oxygen atoms in total. The Hall–Kier alpha value is -2.33. The minimum absolute atomic E-state index is 0.598. The Morgan fingerprint density at radius 2 is 1.65 bits per heavy atom. The second-order valence-corrected chi connectivity index (χ2v) is 4.82. The summed E-state index contributed by atoms with van der Waals surface area (Å²) in [6.45, 7) is 4.16. The number of anilines is 1. The Labute approximate surface area is 119 Å². The minimum Gasteiger partial charge on any atom is -0.314 e. The molecule has 20 heavy (non-hydrogen) atoms. The van der Waals surface area contributed by atoms with E-state index in [-0.39, 0.29) is 0 Å². The Kier molecular flexibility index (Phi) is 4.38. The molecule has 4 heteroatoms. The molecule has 0 spiro atoms. The first kappa shape index (κ1) is 14.1. The van der Waals surface area contributed by atoms with Crippen LogP contribution in [0.25, 0.3) is 0 Å². The molecule has 2 aromatic rings. The summed E-state index contributed by atoms with van der Waals surface area (Å²) in [4.78, 5) is 6.46. The molecule has 0 saturated heterocycles. The van der Waals surface area contributed by atoms with E-state index in [1.54, 1.807) is 0 Å². The predicted octanol–water partition coefficient (Wildman–Crippen LogP) is 2.89. The van der Waals surface area contributed by atoms with Crippen molar-refractivity contribution in [2.45, 2.75) is 13.8 Å². The van der Waals surface area contributed by atoms with Crippen LogP contribution in [-0.4, -0.2) is 13.0 Å². The van der Waals surface area contributed by atoms with Gasteiger partial charge in [-0.3, -0.25) is 5.43 Å². The number of hydrazine groups is 1. The van der Waals surface area contributed by atoms with Crippen LogP contribution in [0.1, 0.15) is 11.1 Å². The van der Waals surface area contributed by atoms with Crippen molar-refractivity contribution in [2.75, 3.05) is 11.9 Å². The Bertz CT molecular complexity index is 585. The van der Waals surface area contributed by atoms with Gasteiger partial charge in [-0.15, -0.1) is 0 Å². The number of benzene rings is 2. The summed E-state index contributed by atoms with van der Waals surface area (Å²) < 4.78 is 0. The van der Waals surface area contributed by atoms with Gasteiger partial charge in [-0.25, -0.2) is 10.8 Å². The van der Waals surface area contributed by atoms with E-state index >= 15 is 0 Å². The number of nitrogens with one attached hydrogen (secondary N) is 1. The van der Waals surface area contributed by atoms with Gasteiger partial charge in [0, 0.05) is 12.7 Å². The van der Waals surface area contributed by atoms with Gasteiger partial charge < -0.3 is 4.90 Å². The van der Waals surface area contributed by atoms with Crippen LogP contribution < -0.4 is 16.2 Å². The van der Waals surface area contributed by atoms with Crippen molar-refractivity contribution in [3.63, 3.8) is 0 Å². The second-order valence-electron chi connectivity index (χ2n) is 4.82. The first-order valence-corrected chi connectivity index (χ1v) is 6.52. The normalized spacial score (nSPS) is 11.3. The van der Waals surface area contributed by atoms with E-state index in [1.807, 2.05) is 42.3 Å². The lowest BCUT2D eigenvalue weighted by Crippen LogP contribution is -2.42. The lowest BCUT2D eigenvalue weighted by atomic mass is 10.1. The Morgan fingerprint density at radius 1 is 1.05 bits per heavy atom. The summed E-state index contributed by atoms with van der Waals surface area (Å²) in [7, 11) is 1.94. The molecule has 2 aromatic carbocycles. The predicted molar refractivity (Wildman–Crippen MR) is 85.2 cm³/mol. The van der Waals surface area contributed by atoms with Crippen LogP contribution >= 0.6 is 0 Å². The van der Waals surface area contributed by atoms with Crippen molar-refractivity contribution in [1.29, 1.82) is 0 Å². The molecule has 3 N–H and O–H groups in total. The highest BCUT2D eigenvalue weighted by Gasteiger charge is 2.08. The highest BCUT2D eigenvalue weighted by Crippen LogP contribution is 2.19. The van der Waals surface area contributed by atoms with Gasteiger partial charge in [0.2, 0.25) is 5.96 Å². The molecule has 0 amide bonds. The largest absolute Gasteiger partial charge is 0.314 e. The van der Waals surface area contributed by atoms with Crippen molar-refractivity contribution >= 4 is 17.3 Å². The van der Waals surface area contributed by atoms with Gasteiger partial charge >= 0.3 is 0 Å². The number of aliphatic imine (C=N–C) groups is 1. The van der Waals surface area contributed by atoms with Crippen molar-refractivity contribution in [3.05, 3.63) is 59.7 Å². The van der Waals surface area contributed by atoms with Crippen LogP contribution in [-0.2, 0) is 0 Å². The molecule has 104 valence electrons. The van der Waals surface area contributed by atoms with Crippen molar-refractivity contribution in [3.8, 4) is 0 Å². The SMILES string of the molecule is Cc1cc(C)cc(N(C)C(=Nc2ccccc2)NN)c1. The van der Waals surface area contributed by atoms with Crippen molar-refractivity contribution < 1.29 is 0 Å². The third kappa shape index (κ3) is 3.36. The zero-order valence-corrected chi connectivity index (χ0v) is 12.1. The van der Waals surface area contributed by atoms with Crippen molar-refractivity contribution in [2.24, 2.45) is 10.8 Å². The number of nitrogens with zero attached hydrogens (tertiary/aromatic N) is 2. The van der Waals surface area contributed by atoms with Gasteiger partial charge in [0.15, 0.2) is 0 Å². The molecule has 0 aromatic heterocycles. The molecule has 0 atom stereocenters. The average molecular weight is 268 g/mol. The average Bonchev–Trinajstić information content (AvgIpc) is 2.44. The minimum atomic E-state index is 0.598. The second kappa shape index (κ2) is 6.21. The Balaban J connectivity index is 2.34. The number of aryl methyl sites for hydroxylation is 2. The maximum atomic E-state index is 5.61. The van der Waals surface area contributed by atoms with E-state index in [9.17, 15) is 0 Å². The van der Waals surface area contributed by atoms with Gasteiger partial charge in [0.1, 0.15) is 0 Å². The fourth-order valence-electron chi connectivity index (χ4n) is 2.10. The molecule has 0 heterocycles. The zero-order valence-electron chi connectivity index (χ0n) is 12.1. The van der Waals surface area contributed by atoms with Gasteiger partial charge in [-0.2, -0.15) is 0 Å². The van der Waals surface area contributed by atoms with Gasteiger partial charge in [-0.05, 0) is 49.2 Å². The van der Waals surface area contributed by atoms with Gasteiger partial charge in [0.25, 0.3) is 0 Å². The number of hydrogen-bond donors (Lipinski definition) is 2. The van der Waals surface area contributed by atoms with E-state index in [2.05, 4.69) is 42.5 Å². The third-order valence-corrected chi connectivity index (χ3v) is 3.03. The van der Waals surface area contributed by atoms with E-state index in [0.29, 0.717) is 5.96 Å². The number of hydrogen-bond acceptors (Lipinski definition) is 2. The fraction of sp³-hybridized carbons (Fsp3) is 0.188. The van der Waals surface area contributed by atoms with Crippen LogP contribution in [0.15, 0.2) is 53.5 Å². The number of nitrogens with two attached hydrogens (primary N) is 1. The summed E-state index contributed by atoms with van der Waals surface area (Å²) in [5.41, 5.74) is 6.99. The lowest BCUT2D eigenvalue weighted by Gasteiger charge is -2.21. The standard InChI is InChI=1S/C16H20N4/c1-12-9-13(2)11-15(10-12)20(3)16(19-17)18-14-7-5-4-6-8-14/h4-11H,17H2,1-3H3,(H,18,19). The highest BCUT2D eigenvalue weighted by molar-refractivity contribution is 5.96. The molecule has 0 unspecified atom stereocenters. The fourth-order valence-corrected chi connectivity index (χ4v) is 2.10. The molecular formula is C16H20N4. The third-order valence-electron chi connectivity index (χ3n) is 3.03. The van der Waals surface area contributed by atoms with E-state index < -0.39 is 0 Å². The molecule has 0 saturated carbocycles. The summed E-state index contributed by atoms with van der Waals surface area (Å²) in [6, 6.07) is 16.1. The monoisotopic (exact) mass is 268 g/mol. The van der Waals surface area contributed by atoms with Crippen LogP contribution in [0, 0.1) is 13.8 Å². The maximum absolute atomic E-state index is 5.61. The number of para-hydroxylation sites is 1. The van der Waals surface area contributed by atoms with Crippen LogP contribution in [0.5, 0.6) is 0 Å². The van der Waals surface area contributed by atoms with Crippen LogP contribution in [0.2, 0.25) is 0 Å². The summed E-state index contributed by atoms with van der Waals surface area (Å²) >= 11 is 0. The molecule has 0 aliphatic carbocycles. The summed E-state index contributed by atoms with van der Waals surface area (Å²) in [6.07, 6.45) is 0. The topological polar surface area (TPSA) is 53.6 Å². The summed E-state index contributed by atoms with van der Waals surface area (Å²) in [5.74, 6) is 6.21. The Morgan fingerprint density at radius 3 is 2.20 bits per heavy atom. The van der Waals surface area contributed by atoms with Gasteiger partial charge in [0.05, 0.1) is 5.69 Å². The quantitative estimate of drug-likeness (QED) is 0.381. The molecule has 0 bridgehead atoms. The smallest absolute Gasteiger partial charge is 0.217 e. The maximum Gasteiger partial charge on any atom is 0.217 e. The molecule has 0 fully saturated rings.